The Hall–Kier alpha value is -1.40. The first-order chi connectivity index (χ1) is 9.65. The predicted molar refractivity (Wildman–Crippen MR) is 78.7 cm³/mol. The second-order valence-corrected chi connectivity index (χ2v) is 6.02. The fourth-order valence-corrected chi connectivity index (χ4v) is 2.95. The van der Waals surface area contributed by atoms with Gasteiger partial charge in [0.25, 0.3) is 5.91 Å². The second-order valence-electron chi connectivity index (χ2n) is 4.70. The van der Waals surface area contributed by atoms with Crippen molar-refractivity contribution in [2.45, 2.75) is 12.5 Å². The Morgan fingerprint density at radius 1 is 1.45 bits per heavy atom. The largest absolute Gasteiger partial charge is 0.336 e. The monoisotopic (exact) mass is 354 g/mol. The molecule has 0 N–H and O–H groups in total. The molecule has 1 fully saturated rings. The standard InChI is InChI=1S/C13H12BrClN4O/c14-9-1-2-12(15)11(7-9)13(20)18-5-3-10(8-18)19-6-4-16-17-19/h1-2,4,6-7,10H,3,5,8H2. The minimum absolute atomic E-state index is 0.0427. The first-order valence-corrected chi connectivity index (χ1v) is 7.42. The minimum atomic E-state index is -0.0427. The van der Waals surface area contributed by atoms with E-state index in [4.69, 9.17) is 11.6 Å². The Labute approximate surface area is 129 Å². The molecule has 7 heteroatoms. The van der Waals surface area contributed by atoms with Crippen molar-refractivity contribution < 1.29 is 4.79 Å². The molecule has 104 valence electrons. The number of benzene rings is 1. The zero-order valence-corrected chi connectivity index (χ0v) is 12.9. The Morgan fingerprint density at radius 3 is 3.05 bits per heavy atom. The van der Waals surface area contributed by atoms with Gasteiger partial charge in [0, 0.05) is 23.8 Å². The van der Waals surface area contributed by atoms with Crippen molar-refractivity contribution in [1.82, 2.24) is 19.9 Å². The lowest BCUT2D eigenvalue weighted by Crippen LogP contribution is -2.29. The third kappa shape index (κ3) is 2.58. The molecule has 1 aromatic heterocycles. The summed E-state index contributed by atoms with van der Waals surface area (Å²) in [5.41, 5.74) is 0.528. The summed E-state index contributed by atoms with van der Waals surface area (Å²) < 4.78 is 2.65. The van der Waals surface area contributed by atoms with Gasteiger partial charge in [-0.25, -0.2) is 4.68 Å². The van der Waals surface area contributed by atoms with E-state index in [2.05, 4.69) is 26.2 Å². The predicted octanol–water partition coefficient (Wildman–Crippen LogP) is 2.78. The van der Waals surface area contributed by atoms with E-state index in [1.54, 1.807) is 27.9 Å². The Balaban J connectivity index is 1.77. The van der Waals surface area contributed by atoms with Crippen LogP contribution in [0.2, 0.25) is 5.02 Å². The molecule has 2 heterocycles. The van der Waals surface area contributed by atoms with Crippen molar-refractivity contribution >= 4 is 33.4 Å². The summed E-state index contributed by atoms with van der Waals surface area (Å²) in [7, 11) is 0. The second kappa shape index (κ2) is 5.54. The van der Waals surface area contributed by atoms with Crippen LogP contribution < -0.4 is 0 Å². The smallest absolute Gasteiger partial charge is 0.255 e. The van der Waals surface area contributed by atoms with Crippen LogP contribution in [0.5, 0.6) is 0 Å². The van der Waals surface area contributed by atoms with Crippen LogP contribution in [0.1, 0.15) is 22.8 Å². The molecule has 2 aromatic rings. The molecule has 0 spiro atoms. The Kier molecular flexibility index (Phi) is 3.76. The molecule has 1 saturated heterocycles. The summed E-state index contributed by atoms with van der Waals surface area (Å²) in [6.07, 6.45) is 4.35. The van der Waals surface area contributed by atoms with Gasteiger partial charge in [-0.1, -0.05) is 32.7 Å². The fraction of sp³-hybridized carbons (Fsp3) is 0.308. The van der Waals surface area contributed by atoms with Crippen LogP contribution in [0.25, 0.3) is 0 Å². The summed E-state index contributed by atoms with van der Waals surface area (Å²) in [6, 6.07) is 5.49. The van der Waals surface area contributed by atoms with Gasteiger partial charge >= 0.3 is 0 Å². The van der Waals surface area contributed by atoms with Gasteiger partial charge in [0.15, 0.2) is 0 Å². The van der Waals surface area contributed by atoms with E-state index >= 15 is 0 Å². The molecule has 1 unspecified atom stereocenters. The van der Waals surface area contributed by atoms with Crippen molar-refractivity contribution in [1.29, 1.82) is 0 Å². The van der Waals surface area contributed by atoms with Gasteiger partial charge in [-0.2, -0.15) is 0 Å². The third-order valence-electron chi connectivity index (χ3n) is 3.42. The summed E-state index contributed by atoms with van der Waals surface area (Å²) in [4.78, 5) is 14.3. The molecule has 1 amide bonds. The summed E-state index contributed by atoms with van der Waals surface area (Å²) >= 11 is 9.47. The molecule has 1 aromatic carbocycles. The Morgan fingerprint density at radius 2 is 2.30 bits per heavy atom. The molecular weight excluding hydrogens is 344 g/mol. The number of rotatable bonds is 2. The van der Waals surface area contributed by atoms with Crippen LogP contribution in [-0.2, 0) is 0 Å². The van der Waals surface area contributed by atoms with Gasteiger partial charge < -0.3 is 4.90 Å². The van der Waals surface area contributed by atoms with Crippen molar-refractivity contribution in [3.05, 3.63) is 45.7 Å². The van der Waals surface area contributed by atoms with Crippen molar-refractivity contribution in [3.63, 3.8) is 0 Å². The molecule has 5 nitrogen and oxygen atoms in total. The molecule has 1 aliphatic rings. The number of carbonyl (C=O) groups excluding carboxylic acids is 1. The van der Waals surface area contributed by atoms with Gasteiger partial charge in [-0.15, -0.1) is 5.10 Å². The molecule has 0 saturated carbocycles. The number of nitrogens with zero attached hydrogens (tertiary/aromatic N) is 4. The van der Waals surface area contributed by atoms with Gasteiger partial charge in [0.2, 0.25) is 0 Å². The minimum Gasteiger partial charge on any atom is -0.336 e. The lowest BCUT2D eigenvalue weighted by Gasteiger charge is -2.17. The number of carbonyl (C=O) groups is 1. The summed E-state index contributed by atoms with van der Waals surface area (Å²) in [5, 5.41) is 8.27. The highest BCUT2D eigenvalue weighted by Gasteiger charge is 2.29. The van der Waals surface area contributed by atoms with Crippen LogP contribution in [0.3, 0.4) is 0 Å². The number of amides is 1. The SMILES string of the molecule is O=C(c1cc(Br)ccc1Cl)N1CCC(n2ccnn2)C1. The molecule has 3 rings (SSSR count). The molecule has 0 radical (unpaired) electrons. The topological polar surface area (TPSA) is 51.0 Å². The maximum atomic E-state index is 12.5. The summed E-state index contributed by atoms with van der Waals surface area (Å²) in [6.45, 7) is 1.33. The van der Waals surface area contributed by atoms with E-state index in [9.17, 15) is 4.79 Å². The number of hydrogen-bond acceptors (Lipinski definition) is 3. The maximum Gasteiger partial charge on any atom is 0.255 e. The maximum absolute atomic E-state index is 12.5. The average Bonchev–Trinajstić information content (AvgIpc) is 3.10. The number of halogens is 2. The lowest BCUT2D eigenvalue weighted by molar-refractivity contribution is 0.0787. The normalized spacial score (nSPS) is 18.5. The first kappa shape index (κ1) is 13.6. The van der Waals surface area contributed by atoms with Crippen LogP contribution >= 0.6 is 27.5 Å². The van der Waals surface area contributed by atoms with E-state index in [1.165, 1.54) is 0 Å². The van der Waals surface area contributed by atoms with Gasteiger partial charge in [0.1, 0.15) is 0 Å². The highest BCUT2D eigenvalue weighted by molar-refractivity contribution is 9.10. The molecule has 1 atom stereocenters. The highest BCUT2D eigenvalue weighted by atomic mass is 79.9. The summed E-state index contributed by atoms with van der Waals surface area (Å²) in [5.74, 6) is -0.0427. The quantitative estimate of drug-likeness (QED) is 0.832. The number of likely N-dealkylation sites (tertiary alicyclic amines) is 1. The molecule has 20 heavy (non-hydrogen) atoms. The van der Waals surface area contributed by atoms with Crippen molar-refractivity contribution in [2.75, 3.05) is 13.1 Å². The van der Waals surface area contributed by atoms with E-state index in [-0.39, 0.29) is 11.9 Å². The van der Waals surface area contributed by atoms with Crippen molar-refractivity contribution in [3.8, 4) is 0 Å². The number of aromatic nitrogens is 3. The van der Waals surface area contributed by atoms with Gasteiger partial charge in [-0.05, 0) is 24.6 Å². The van der Waals surface area contributed by atoms with Crippen LogP contribution in [0.4, 0.5) is 0 Å². The van der Waals surface area contributed by atoms with Crippen LogP contribution in [0, 0.1) is 0 Å². The molecule has 0 aliphatic carbocycles. The zero-order chi connectivity index (χ0) is 14.1. The van der Waals surface area contributed by atoms with Crippen LogP contribution in [-0.4, -0.2) is 38.9 Å². The van der Waals surface area contributed by atoms with Crippen LogP contribution in [0.15, 0.2) is 35.1 Å². The Bertz CT molecular complexity index is 631. The van der Waals surface area contributed by atoms with E-state index < -0.39 is 0 Å². The highest BCUT2D eigenvalue weighted by Crippen LogP contribution is 2.26. The first-order valence-electron chi connectivity index (χ1n) is 6.25. The fourth-order valence-electron chi connectivity index (χ4n) is 2.39. The lowest BCUT2D eigenvalue weighted by atomic mass is 10.2. The number of hydrogen-bond donors (Lipinski definition) is 0. The molecule has 0 bridgehead atoms. The third-order valence-corrected chi connectivity index (χ3v) is 4.25. The average molecular weight is 356 g/mol. The molecular formula is C13H12BrClN4O. The van der Waals surface area contributed by atoms with Crippen molar-refractivity contribution in [2.24, 2.45) is 0 Å². The van der Waals surface area contributed by atoms with E-state index in [1.807, 2.05) is 12.3 Å². The zero-order valence-electron chi connectivity index (χ0n) is 10.5. The molecule has 1 aliphatic heterocycles. The van der Waals surface area contributed by atoms with E-state index in [0.717, 1.165) is 10.9 Å². The van der Waals surface area contributed by atoms with Gasteiger partial charge in [-0.3, -0.25) is 4.79 Å². The van der Waals surface area contributed by atoms with Gasteiger partial charge in [0.05, 0.1) is 22.8 Å². The van der Waals surface area contributed by atoms with E-state index in [0.29, 0.717) is 23.7 Å².